The van der Waals surface area contributed by atoms with Crippen molar-refractivity contribution < 1.29 is 4.79 Å². The summed E-state index contributed by atoms with van der Waals surface area (Å²) in [5.41, 5.74) is 7.13. The summed E-state index contributed by atoms with van der Waals surface area (Å²) in [6, 6.07) is 8.47. The predicted molar refractivity (Wildman–Crippen MR) is 88.2 cm³/mol. The minimum absolute atomic E-state index is 0. The van der Waals surface area contributed by atoms with Gasteiger partial charge in [-0.15, -0.1) is 12.4 Å². The molecule has 5 heteroatoms. The van der Waals surface area contributed by atoms with E-state index in [1.54, 1.807) is 0 Å². The Bertz CT molecular complexity index is 461. The Morgan fingerprint density at radius 1 is 1.50 bits per heavy atom. The van der Waals surface area contributed by atoms with Crippen LogP contribution in [0.25, 0.3) is 0 Å². The second kappa shape index (κ2) is 7.43. The number of nitrogens with one attached hydrogen (secondary N) is 1. The summed E-state index contributed by atoms with van der Waals surface area (Å²) in [6.07, 6.45) is 3.57. The highest BCUT2D eigenvalue weighted by Gasteiger charge is 2.44. The number of rotatable bonds is 6. The van der Waals surface area contributed by atoms with Gasteiger partial charge < -0.3 is 11.1 Å². The van der Waals surface area contributed by atoms with Gasteiger partial charge in [-0.1, -0.05) is 28.1 Å². The fourth-order valence-electron chi connectivity index (χ4n) is 2.25. The zero-order valence-corrected chi connectivity index (χ0v) is 14.1. The first kappa shape index (κ1) is 17.5. The standard InChI is InChI=1S/C15H21BrN2O.ClH/c1-11(17)5-6-14(19)18-10-15(7-8-15)12-3-2-4-13(16)9-12;/h2-4,9,11H,5-8,10,17H2,1H3,(H,18,19);1H. The molecule has 3 N–H and O–H groups in total. The van der Waals surface area contributed by atoms with Crippen LogP contribution in [-0.4, -0.2) is 18.5 Å². The summed E-state index contributed by atoms with van der Waals surface area (Å²) >= 11 is 3.50. The van der Waals surface area contributed by atoms with Crippen molar-refractivity contribution in [1.29, 1.82) is 0 Å². The second-order valence-corrected chi connectivity index (χ2v) is 6.50. The predicted octanol–water partition coefficient (Wildman–Crippen LogP) is 3.15. The Labute approximate surface area is 135 Å². The highest BCUT2D eigenvalue weighted by Crippen LogP contribution is 2.48. The molecular weight excluding hydrogens is 340 g/mol. The van der Waals surface area contributed by atoms with E-state index in [0.717, 1.165) is 30.3 Å². The number of amides is 1. The summed E-state index contributed by atoms with van der Waals surface area (Å²) in [5, 5.41) is 3.05. The first-order chi connectivity index (χ1) is 9.02. The van der Waals surface area contributed by atoms with Gasteiger partial charge in [0.2, 0.25) is 5.91 Å². The smallest absolute Gasteiger partial charge is 0.220 e. The molecule has 2 rings (SSSR count). The molecule has 1 amide bonds. The van der Waals surface area contributed by atoms with Crippen molar-refractivity contribution in [3.05, 3.63) is 34.3 Å². The number of carbonyl (C=O) groups excluding carboxylic acids is 1. The summed E-state index contributed by atoms with van der Waals surface area (Å²) in [6.45, 7) is 2.67. The van der Waals surface area contributed by atoms with E-state index in [1.165, 1.54) is 5.56 Å². The lowest BCUT2D eigenvalue weighted by Gasteiger charge is -2.17. The highest BCUT2D eigenvalue weighted by molar-refractivity contribution is 9.10. The molecule has 1 aromatic rings. The molecule has 0 bridgehead atoms. The number of hydrogen-bond acceptors (Lipinski definition) is 2. The van der Waals surface area contributed by atoms with E-state index in [0.29, 0.717) is 6.42 Å². The van der Waals surface area contributed by atoms with Crippen molar-refractivity contribution in [2.75, 3.05) is 6.54 Å². The van der Waals surface area contributed by atoms with Crippen LogP contribution in [-0.2, 0) is 10.2 Å². The quantitative estimate of drug-likeness (QED) is 0.818. The zero-order valence-electron chi connectivity index (χ0n) is 11.7. The van der Waals surface area contributed by atoms with Crippen molar-refractivity contribution in [2.45, 2.75) is 44.1 Å². The summed E-state index contributed by atoms with van der Waals surface area (Å²) in [7, 11) is 0. The topological polar surface area (TPSA) is 55.1 Å². The van der Waals surface area contributed by atoms with E-state index in [4.69, 9.17) is 5.73 Å². The molecule has 0 heterocycles. The van der Waals surface area contributed by atoms with E-state index in [-0.39, 0.29) is 29.8 Å². The Hall–Kier alpha value is -0.580. The molecule has 1 aliphatic carbocycles. The monoisotopic (exact) mass is 360 g/mol. The Kier molecular flexibility index (Phi) is 6.49. The Morgan fingerprint density at radius 2 is 2.20 bits per heavy atom. The van der Waals surface area contributed by atoms with Crippen LogP contribution in [0.1, 0.15) is 38.2 Å². The largest absolute Gasteiger partial charge is 0.355 e. The van der Waals surface area contributed by atoms with Crippen LogP contribution in [0.15, 0.2) is 28.7 Å². The first-order valence-corrected chi connectivity index (χ1v) is 7.59. The van der Waals surface area contributed by atoms with E-state index in [2.05, 4.69) is 39.4 Å². The normalized spacial score (nSPS) is 16.9. The van der Waals surface area contributed by atoms with E-state index < -0.39 is 0 Å². The van der Waals surface area contributed by atoms with Gasteiger partial charge in [-0.3, -0.25) is 4.79 Å². The lowest BCUT2D eigenvalue weighted by molar-refractivity contribution is -0.121. The molecule has 0 aromatic heterocycles. The van der Waals surface area contributed by atoms with Crippen LogP contribution >= 0.6 is 28.3 Å². The van der Waals surface area contributed by atoms with Crippen LogP contribution in [0.3, 0.4) is 0 Å². The first-order valence-electron chi connectivity index (χ1n) is 6.80. The van der Waals surface area contributed by atoms with Gasteiger partial charge in [-0.2, -0.15) is 0 Å². The summed E-state index contributed by atoms with van der Waals surface area (Å²) in [5.74, 6) is 0.110. The minimum Gasteiger partial charge on any atom is -0.355 e. The number of hydrogen-bond donors (Lipinski definition) is 2. The van der Waals surface area contributed by atoms with Crippen molar-refractivity contribution in [2.24, 2.45) is 5.73 Å². The number of halogens is 2. The molecule has 1 saturated carbocycles. The lowest BCUT2D eigenvalue weighted by Crippen LogP contribution is -2.33. The molecule has 3 nitrogen and oxygen atoms in total. The number of carbonyl (C=O) groups is 1. The van der Waals surface area contributed by atoms with E-state index in [9.17, 15) is 4.79 Å². The maximum absolute atomic E-state index is 11.7. The lowest BCUT2D eigenvalue weighted by atomic mass is 9.96. The Morgan fingerprint density at radius 3 is 2.75 bits per heavy atom. The third-order valence-corrected chi connectivity index (χ3v) is 4.23. The van der Waals surface area contributed by atoms with Crippen molar-refractivity contribution in [3.8, 4) is 0 Å². The molecule has 1 fully saturated rings. The molecule has 20 heavy (non-hydrogen) atoms. The van der Waals surface area contributed by atoms with Gasteiger partial charge in [0.05, 0.1) is 0 Å². The molecule has 1 atom stereocenters. The maximum atomic E-state index is 11.7. The molecule has 1 unspecified atom stereocenters. The minimum atomic E-state index is 0. The third kappa shape index (κ3) is 4.76. The van der Waals surface area contributed by atoms with Crippen LogP contribution in [0, 0.1) is 0 Å². The van der Waals surface area contributed by atoms with Gasteiger partial charge in [0.25, 0.3) is 0 Å². The van der Waals surface area contributed by atoms with Crippen molar-refractivity contribution in [3.63, 3.8) is 0 Å². The van der Waals surface area contributed by atoms with Gasteiger partial charge in [0, 0.05) is 28.9 Å². The SMILES string of the molecule is CC(N)CCC(=O)NCC1(c2cccc(Br)c2)CC1.Cl. The second-order valence-electron chi connectivity index (χ2n) is 5.58. The number of nitrogens with two attached hydrogens (primary N) is 1. The molecule has 0 saturated heterocycles. The Balaban J connectivity index is 0.00000200. The maximum Gasteiger partial charge on any atom is 0.220 e. The van der Waals surface area contributed by atoms with Gasteiger partial charge in [-0.05, 0) is 43.9 Å². The fourth-order valence-corrected chi connectivity index (χ4v) is 2.65. The van der Waals surface area contributed by atoms with Gasteiger partial charge in [0.15, 0.2) is 0 Å². The average Bonchev–Trinajstić information content (AvgIpc) is 3.15. The van der Waals surface area contributed by atoms with E-state index in [1.807, 2.05) is 13.0 Å². The van der Waals surface area contributed by atoms with Crippen molar-refractivity contribution >= 4 is 34.2 Å². The fraction of sp³-hybridized carbons (Fsp3) is 0.533. The van der Waals surface area contributed by atoms with Crippen LogP contribution in [0.2, 0.25) is 0 Å². The van der Waals surface area contributed by atoms with Crippen molar-refractivity contribution in [1.82, 2.24) is 5.32 Å². The van der Waals surface area contributed by atoms with E-state index >= 15 is 0 Å². The van der Waals surface area contributed by atoms with Gasteiger partial charge in [0.1, 0.15) is 0 Å². The highest BCUT2D eigenvalue weighted by atomic mass is 79.9. The summed E-state index contributed by atoms with van der Waals surface area (Å²) < 4.78 is 1.10. The average molecular weight is 362 g/mol. The number of benzene rings is 1. The molecule has 112 valence electrons. The third-order valence-electron chi connectivity index (χ3n) is 3.74. The van der Waals surface area contributed by atoms with Crippen LogP contribution in [0.4, 0.5) is 0 Å². The zero-order chi connectivity index (χ0) is 13.9. The van der Waals surface area contributed by atoms with Crippen LogP contribution in [0.5, 0.6) is 0 Å². The summed E-state index contributed by atoms with van der Waals surface area (Å²) in [4.78, 5) is 11.7. The molecule has 1 aliphatic rings. The molecule has 0 aliphatic heterocycles. The molecular formula is C15H22BrClN2O. The van der Waals surface area contributed by atoms with Gasteiger partial charge in [-0.25, -0.2) is 0 Å². The molecule has 0 radical (unpaired) electrons. The van der Waals surface area contributed by atoms with Gasteiger partial charge >= 0.3 is 0 Å². The molecule has 0 spiro atoms. The molecule has 1 aromatic carbocycles. The van der Waals surface area contributed by atoms with Crippen LogP contribution < -0.4 is 11.1 Å².